The van der Waals surface area contributed by atoms with Gasteiger partial charge in [0.1, 0.15) is 0 Å². The molecular weight excluding hydrogens is 148 g/mol. The fraction of sp³-hybridized carbons (Fsp3) is 0.636. The Balaban J connectivity index is 2.35. The number of allylic oxidation sites excluding steroid dienone is 2. The van der Waals surface area contributed by atoms with E-state index in [1.165, 1.54) is 0 Å². The van der Waals surface area contributed by atoms with Crippen LogP contribution in [0.25, 0.3) is 0 Å². The Morgan fingerprint density at radius 3 is 2.25 bits per heavy atom. The van der Waals surface area contributed by atoms with Crippen LogP contribution in [0.5, 0.6) is 0 Å². The minimum Gasteiger partial charge on any atom is -0.363 e. The molecule has 1 atom stereocenters. The number of rotatable bonds is 4. The molecule has 1 fully saturated rings. The molecule has 0 bridgehead atoms. The second kappa shape index (κ2) is 2.74. The summed E-state index contributed by atoms with van der Waals surface area (Å²) < 4.78 is 5.61. The van der Waals surface area contributed by atoms with Crippen LogP contribution in [0.4, 0.5) is 0 Å². The van der Waals surface area contributed by atoms with E-state index >= 15 is 0 Å². The summed E-state index contributed by atoms with van der Waals surface area (Å²) in [4.78, 5) is 0. The average Bonchev–Trinajstić information content (AvgIpc) is 2.47. The third-order valence-corrected chi connectivity index (χ3v) is 2.92. The zero-order valence-electron chi connectivity index (χ0n) is 8.31. The maximum Gasteiger partial charge on any atom is 0.0949 e. The van der Waals surface area contributed by atoms with Gasteiger partial charge < -0.3 is 4.74 Å². The van der Waals surface area contributed by atoms with Gasteiger partial charge in [0.05, 0.1) is 11.2 Å². The first-order chi connectivity index (χ1) is 5.41. The van der Waals surface area contributed by atoms with E-state index < -0.39 is 0 Å². The molecule has 1 unspecified atom stereocenters. The first kappa shape index (κ1) is 9.53. The van der Waals surface area contributed by atoms with E-state index in [0.29, 0.717) is 0 Å². The van der Waals surface area contributed by atoms with E-state index in [1.807, 2.05) is 6.08 Å². The molecule has 0 aromatic carbocycles. The molecule has 0 N–H and O–H groups in total. The van der Waals surface area contributed by atoms with E-state index in [0.717, 1.165) is 18.4 Å². The summed E-state index contributed by atoms with van der Waals surface area (Å²) in [5.74, 6) is 0. The average molecular weight is 166 g/mol. The van der Waals surface area contributed by atoms with Crippen LogP contribution in [0.2, 0.25) is 0 Å². The molecule has 1 heteroatoms. The molecule has 0 aliphatic carbocycles. The minimum atomic E-state index is 0.0639. The highest BCUT2D eigenvalue weighted by Crippen LogP contribution is 2.50. The molecule has 1 nitrogen and oxygen atoms in total. The summed E-state index contributed by atoms with van der Waals surface area (Å²) in [6.45, 7) is 14.0. The molecule has 0 radical (unpaired) electrons. The van der Waals surface area contributed by atoms with Gasteiger partial charge in [0.2, 0.25) is 0 Å². The van der Waals surface area contributed by atoms with Crippen molar-refractivity contribution in [3.63, 3.8) is 0 Å². The van der Waals surface area contributed by atoms with Crippen LogP contribution >= 0.6 is 0 Å². The number of ether oxygens (including phenoxy) is 1. The Morgan fingerprint density at radius 1 is 1.42 bits per heavy atom. The Morgan fingerprint density at radius 2 is 1.92 bits per heavy atom. The van der Waals surface area contributed by atoms with Crippen molar-refractivity contribution in [3.8, 4) is 0 Å². The maximum absolute atomic E-state index is 5.61. The molecule has 1 saturated heterocycles. The molecule has 1 heterocycles. The molecule has 68 valence electrons. The van der Waals surface area contributed by atoms with Gasteiger partial charge in [0, 0.05) is 0 Å². The molecule has 1 aliphatic heterocycles. The number of hydrogen-bond acceptors (Lipinski definition) is 1. The lowest BCUT2D eigenvalue weighted by Crippen LogP contribution is -2.15. The smallest absolute Gasteiger partial charge is 0.0949 e. The van der Waals surface area contributed by atoms with E-state index in [9.17, 15) is 0 Å². The minimum absolute atomic E-state index is 0.0639. The van der Waals surface area contributed by atoms with Crippen LogP contribution in [0.1, 0.15) is 33.6 Å². The van der Waals surface area contributed by atoms with Gasteiger partial charge in [-0.15, -0.1) is 0 Å². The molecule has 12 heavy (non-hydrogen) atoms. The normalized spacial score (nSPS) is 31.2. The van der Waals surface area contributed by atoms with Crippen molar-refractivity contribution >= 4 is 0 Å². The van der Waals surface area contributed by atoms with Crippen molar-refractivity contribution in [1.82, 2.24) is 0 Å². The van der Waals surface area contributed by atoms with Crippen molar-refractivity contribution in [2.45, 2.75) is 44.8 Å². The third-order valence-electron chi connectivity index (χ3n) is 2.92. The maximum atomic E-state index is 5.61. The molecule has 0 aromatic rings. The highest BCUT2D eigenvalue weighted by atomic mass is 16.6. The SMILES string of the molecule is C=CC(=C)CCC1(C)OC1(C)C. The van der Waals surface area contributed by atoms with E-state index in [-0.39, 0.29) is 11.2 Å². The van der Waals surface area contributed by atoms with Gasteiger partial charge in [-0.2, -0.15) is 0 Å². The highest BCUT2D eigenvalue weighted by molar-refractivity contribution is 5.15. The second-order valence-electron chi connectivity index (χ2n) is 4.21. The van der Waals surface area contributed by atoms with Gasteiger partial charge in [-0.25, -0.2) is 0 Å². The van der Waals surface area contributed by atoms with Crippen LogP contribution in [0, 0.1) is 0 Å². The molecular formula is C11H18O. The van der Waals surface area contributed by atoms with Gasteiger partial charge >= 0.3 is 0 Å². The zero-order chi connectivity index (χ0) is 9.41. The van der Waals surface area contributed by atoms with Crippen LogP contribution in [0.15, 0.2) is 24.8 Å². The van der Waals surface area contributed by atoms with Gasteiger partial charge in [-0.05, 0) is 33.6 Å². The molecule has 0 amide bonds. The van der Waals surface area contributed by atoms with Crippen LogP contribution in [-0.4, -0.2) is 11.2 Å². The Labute approximate surface area is 75.1 Å². The highest BCUT2D eigenvalue weighted by Gasteiger charge is 2.59. The van der Waals surface area contributed by atoms with Crippen LogP contribution < -0.4 is 0 Å². The van der Waals surface area contributed by atoms with Crippen LogP contribution in [-0.2, 0) is 4.74 Å². The van der Waals surface area contributed by atoms with Gasteiger partial charge in [-0.1, -0.05) is 24.8 Å². The van der Waals surface area contributed by atoms with E-state index in [1.54, 1.807) is 0 Å². The summed E-state index contributed by atoms with van der Waals surface area (Å²) in [5, 5.41) is 0. The van der Waals surface area contributed by atoms with Crippen molar-refractivity contribution in [2.24, 2.45) is 0 Å². The second-order valence-corrected chi connectivity index (χ2v) is 4.21. The predicted octanol–water partition coefficient (Wildman–Crippen LogP) is 3.08. The summed E-state index contributed by atoms with van der Waals surface area (Å²) >= 11 is 0. The lowest BCUT2D eigenvalue weighted by molar-refractivity contribution is 0.277. The Bertz CT molecular complexity index is 215. The summed E-state index contributed by atoms with van der Waals surface area (Å²) in [6.07, 6.45) is 3.85. The van der Waals surface area contributed by atoms with E-state index in [2.05, 4.69) is 33.9 Å². The van der Waals surface area contributed by atoms with E-state index in [4.69, 9.17) is 4.74 Å². The molecule has 0 saturated carbocycles. The number of hydrogen-bond donors (Lipinski definition) is 0. The van der Waals surface area contributed by atoms with Crippen molar-refractivity contribution in [2.75, 3.05) is 0 Å². The molecule has 0 aromatic heterocycles. The van der Waals surface area contributed by atoms with Crippen molar-refractivity contribution in [3.05, 3.63) is 24.8 Å². The fourth-order valence-electron chi connectivity index (χ4n) is 1.39. The number of epoxide rings is 1. The lowest BCUT2D eigenvalue weighted by Gasteiger charge is -2.07. The largest absolute Gasteiger partial charge is 0.363 e. The Hall–Kier alpha value is -0.560. The van der Waals surface area contributed by atoms with Crippen molar-refractivity contribution in [1.29, 1.82) is 0 Å². The molecule has 1 rings (SSSR count). The molecule has 1 aliphatic rings. The zero-order valence-corrected chi connectivity index (χ0v) is 8.31. The summed E-state index contributed by atoms with van der Waals surface area (Å²) in [5.41, 5.74) is 1.23. The Kier molecular flexibility index (Phi) is 2.17. The monoisotopic (exact) mass is 166 g/mol. The third kappa shape index (κ3) is 1.61. The summed E-state index contributed by atoms with van der Waals surface area (Å²) in [7, 11) is 0. The van der Waals surface area contributed by atoms with Crippen LogP contribution in [0.3, 0.4) is 0 Å². The lowest BCUT2D eigenvalue weighted by atomic mass is 9.92. The fourth-order valence-corrected chi connectivity index (χ4v) is 1.39. The standard InChI is InChI=1S/C11H18O/c1-6-9(2)7-8-11(5)10(3,4)12-11/h6H,1-2,7-8H2,3-5H3. The first-order valence-electron chi connectivity index (χ1n) is 4.42. The van der Waals surface area contributed by atoms with Gasteiger partial charge in [-0.3, -0.25) is 0 Å². The summed E-state index contributed by atoms with van der Waals surface area (Å²) in [6, 6.07) is 0. The van der Waals surface area contributed by atoms with Crippen molar-refractivity contribution < 1.29 is 4.74 Å². The molecule has 0 spiro atoms. The predicted molar refractivity (Wildman–Crippen MR) is 52.1 cm³/mol. The topological polar surface area (TPSA) is 12.5 Å². The first-order valence-corrected chi connectivity index (χ1v) is 4.42. The van der Waals surface area contributed by atoms with Gasteiger partial charge in [0.25, 0.3) is 0 Å². The van der Waals surface area contributed by atoms with Gasteiger partial charge in [0.15, 0.2) is 0 Å². The quantitative estimate of drug-likeness (QED) is 0.462.